The highest BCUT2D eigenvalue weighted by Gasteiger charge is 2.07. The maximum absolute atomic E-state index is 2.22. The second-order valence-electron chi connectivity index (χ2n) is 3.71. The number of hydrogen-bond donors (Lipinski definition) is 0. The molecule has 19 heavy (non-hydrogen) atoms. The molecule has 1 aromatic carbocycles. The molecule has 0 spiro atoms. The number of hydrogen-bond acceptors (Lipinski definition) is 2. The Bertz CT molecular complexity index is 259. The van der Waals surface area contributed by atoms with Gasteiger partial charge in [0.25, 0.3) is 0 Å². The standard InChI is InChI=1S/C8H8S.C5H12S.2C2H6/c1-2-4-8-7(3-1)5-6-9-8;1-4-6-5(2)3;2*1-2/h1-4H,5-6H2;5H,4H2,1-3H3;2*1-2H3. The van der Waals surface area contributed by atoms with Crippen molar-refractivity contribution in [1.82, 2.24) is 0 Å². The van der Waals surface area contributed by atoms with Gasteiger partial charge in [-0.05, 0) is 29.1 Å². The van der Waals surface area contributed by atoms with Crippen molar-refractivity contribution in [1.29, 1.82) is 0 Å². The Morgan fingerprint density at radius 2 is 1.68 bits per heavy atom. The van der Waals surface area contributed by atoms with Gasteiger partial charge in [-0.15, -0.1) is 11.8 Å². The summed E-state index contributed by atoms with van der Waals surface area (Å²) in [5.41, 5.74) is 1.53. The molecule has 0 amide bonds. The molecular weight excluding hydrogens is 268 g/mol. The minimum absolute atomic E-state index is 0.815. The molecule has 0 aromatic heterocycles. The Morgan fingerprint density at radius 3 is 2.11 bits per heavy atom. The van der Waals surface area contributed by atoms with Crippen LogP contribution in [-0.2, 0) is 6.42 Å². The Hall–Kier alpha value is -0.0800. The van der Waals surface area contributed by atoms with Crippen LogP contribution in [-0.4, -0.2) is 16.8 Å². The summed E-state index contributed by atoms with van der Waals surface area (Å²) in [7, 11) is 0. The first kappa shape index (κ1) is 21.2. The molecule has 2 rings (SSSR count). The van der Waals surface area contributed by atoms with E-state index in [1.165, 1.54) is 28.4 Å². The maximum Gasteiger partial charge on any atom is 0.0104 e. The summed E-state index contributed by atoms with van der Waals surface area (Å²) >= 11 is 3.95. The number of benzene rings is 1. The van der Waals surface area contributed by atoms with E-state index in [9.17, 15) is 0 Å². The fourth-order valence-corrected chi connectivity index (χ4v) is 3.19. The van der Waals surface area contributed by atoms with Crippen LogP contribution in [0.2, 0.25) is 0 Å². The smallest absolute Gasteiger partial charge is 0.0104 e. The molecule has 0 nitrogen and oxygen atoms in total. The zero-order valence-electron chi connectivity index (χ0n) is 13.8. The van der Waals surface area contributed by atoms with Gasteiger partial charge in [0.05, 0.1) is 0 Å². The van der Waals surface area contributed by atoms with E-state index in [1.807, 2.05) is 51.2 Å². The van der Waals surface area contributed by atoms with Crippen LogP contribution in [0.15, 0.2) is 29.2 Å². The third kappa shape index (κ3) is 11.4. The third-order valence-electron chi connectivity index (χ3n) is 2.10. The largest absolute Gasteiger partial charge is 0.159 e. The lowest BCUT2D eigenvalue weighted by atomic mass is 10.2. The molecule has 1 aliphatic heterocycles. The summed E-state index contributed by atoms with van der Waals surface area (Å²) in [5.74, 6) is 2.52. The first-order valence-electron chi connectivity index (χ1n) is 7.56. The highest BCUT2D eigenvalue weighted by molar-refractivity contribution is 7.99. The second kappa shape index (κ2) is 16.0. The SMILES string of the molecule is CC.CC.CCSC(C)C.c1ccc2c(c1)CCS2. The number of thioether (sulfide) groups is 2. The molecule has 0 aliphatic carbocycles. The molecule has 1 heterocycles. The van der Waals surface area contributed by atoms with E-state index in [-0.39, 0.29) is 0 Å². The topological polar surface area (TPSA) is 0 Å². The first-order valence-corrected chi connectivity index (χ1v) is 9.59. The predicted octanol–water partition coefficient (Wildman–Crippen LogP) is 6.54. The summed E-state index contributed by atoms with van der Waals surface area (Å²) in [6.07, 6.45) is 1.26. The van der Waals surface area contributed by atoms with E-state index >= 15 is 0 Å². The molecule has 0 saturated heterocycles. The van der Waals surface area contributed by atoms with Crippen LogP contribution in [0.1, 0.15) is 54.0 Å². The van der Waals surface area contributed by atoms with Crippen LogP contribution >= 0.6 is 23.5 Å². The number of fused-ring (bicyclic) bond motifs is 1. The van der Waals surface area contributed by atoms with E-state index in [1.54, 1.807) is 0 Å². The lowest BCUT2D eigenvalue weighted by Gasteiger charge is -1.96. The number of aryl methyl sites for hydroxylation is 1. The summed E-state index contributed by atoms with van der Waals surface area (Å²) in [6.45, 7) is 14.6. The van der Waals surface area contributed by atoms with Gasteiger partial charge in [-0.1, -0.05) is 66.7 Å². The van der Waals surface area contributed by atoms with Gasteiger partial charge in [-0.25, -0.2) is 0 Å². The van der Waals surface area contributed by atoms with Gasteiger partial charge in [-0.2, -0.15) is 11.8 Å². The zero-order valence-corrected chi connectivity index (χ0v) is 15.5. The molecule has 0 unspecified atom stereocenters. The number of rotatable bonds is 2. The molecule has 0 N–H and O–H groups in total. The molecule has 0 atom stereocenters. The third-order valence-corrected chi connectivity index (χ3v) is 4.22. The highest BCUT2D eigenvalue weighted by atomic mass is 32.2. The van der Waals surface area contributed by atoms with Gasteiger partial charge in [0.2, 0.25) is 0 Å². The fraction of sp³-hybridized carbons (Fsp3) is 0.647. The van der Waals surface area contributed by atoms with Crippen molar-refractivity contribution in [2.24, 2.45) is 0 Å². The molecule has 1 aliphatic rings. The Labute approximate surface area is 130 Å². The molecule has 0 radical (unpaired) electrons. The lowest BCUT2D eigenvalue weighted by Crippen LogP contribution is -1.84. The molecule has 2 heteroatoms. The van der Waals surface area contributed by atoms with Gasteiger partial charge in [0.1, 0.15) is 0 Å². The highest BCUT2D eigenvalue weighted by Crippen LogP contribution is 2.30. The van der Waals surface area contributed by atoms with Crippen molar-refractivity contribution in [3.8, 4) is 0 Å². The quantitative estimate of drug-likeness (QED) is 0.608. The monoisotopic (exact) mass is 300 g/mol. The van der Waals surface area contributed by atoms with Crippen LogP contribution < -0.4 is 0 Å². The molecule has 112 valence electrons. The van der Waals surface area contributed by atoms with E-state index < -0.39 is 0 Å². The van der Waals surface area contributed by atoms with Crippen LogP contribution in [0.5, 0.6) is 0 Å². The van der Waals surface area contributed by atoms with Crippen molar-refractivity contribution < 1.29 is 0 Å². The van der Waals surface area contributed by atoms with E-state index in [2.05, 4.69) is 45.0 Å². The predicted molar refractivity (Wildman–Crippen MR) is 96.8 cm³/mol. The van der Waals surface area contributed by atoms with E-state index in [0.717, 1.165) is 5.25 Å². The molecule has 0 bridgehead atoms. The molecule has 0 fully saturated rings. The van der Waals surface area contributed by atoms with Crippen molar-refractivity contribution in [2.75, 3.05) is 11.5 Å². The van der Waals surface area contributed by atoms with Crippen molar-refractivity contribution in [2.45, 2.75) is 65.0 Å². The molecule has 0 saturated carbocycles. The van der Waals surface area contributed by atoms with Crippen molar-refractivity contribution in [3.63, 3.8) is 0 Å². The van der Waals surface area contributed by atoms with Gasteiger partial charge in [0, 0.05) is 10.6 Å². The maximum atomic E-state index is 2.22. The van der Waals surface area contributed by atoms with E-state index in [4.69, 9.17) is 0 Å². The summed E-state index contributed by atoms with van der Waals surface area (Å²) < 4.78 is 0. The van der Waals surface area contributed by atoms with Gasteiger partial charge in [0.15, 0.2) is 0 Å². The Kier molecular flexibility index (Phi) is 17.8. The average molecular weight is 301 g/mol. The average Bonchev–Trinajstić information content (AvgIpc) is 2.92. The minimum Gasteiger partial charge on any atom is -0.159 e. The van der Waals surface area contributed by atoms with Gasteiger partial charge in [-0.3, -0.25) is 0 Å². The molecule has 1 aromatic rings. The van der Waals surface area contributed by atoms with Crippen LogP contribution in [0.3, 0.4) is 0 Å². The lowest BCUT2D eigenvalue weighted by molar-refractivity contribution is 1.11. The van der Waals surface area contributed by atoms with Gasteiger partial charge >= 0.3 is 0 Å². The van der Waals surface area contributed by atoms with Gasteiger partial charge < -0.3 is 0 Å². The fourth-order valence-electron chi connectivity index (χ4n) is 1.46. The summed E-state index contributed by atoms with van der Waals surface area (Å²) in [5, 5.41) is 0.815. The zero-order chi connectivity index (χ0) is 15.1. The Morgan fingerprint density at radius 1 is 1.11 bits per heavy atom. The Balaban J connectivity index is 0. The van der Waals surface area contributed by atoms with Crippen LogP contribution in [0.25, 0.3) is 0 Å². The normalized spacial score (nSPS) is 11.2. The van der Waals surface area contributed by atoms with Crippen molar-refractivity contribution in [3.05, 3.63) is 29.8 Å². The minimum atomic E-state index is 0.815. The summed E-state index contributed by atoms with van der Waals surface area (Å²) in [6, 6.07) is 8.64. The van der Waals surface area contributed by atoms with Crippen molar-refractivity contribution >= 4 is 23.5 Å². The first-order chi connectivity index (χ1) is 9.24. The van der Waals surface area contributed by atoms with Crippen LogP contribution in [0, 0.1) is 0 Å². The van der Waals surface area contributed by atoms with Crippen LogP contribution in [0.4, 0.5) is 0 Å². The summed E-state index contributed by atoms with van der Waals surface area (Å²) in [4.78, 5) is 1.48. The molecular formula is C17H32S2. The second-order valence-corrected chi connectivity index (χ2v) is 6.70. The van der Waals surface area contributed by atoms with E-state index in [0.29, 0.717) is 0 Å².